The molecule has 138 valence electrons. The minimum absolute atomic E-state index is 0.0391. The molecule has 0 saturated heterocycles. The van der Waals surface area contributed by atoms with Crippen LogP contribution in [-0.2, 0) is 29.2 Å². The lowest BCUT2D eigenvalue weighted by Crippen LogP contribution is -2.35. The predicted octanol–water partition coefficient (Wildman–Crippen LogP) is 0.356. The van der Waals surface area contributed by atoms with Gasteiger partial charge in [0.25, 0.3) is 0 Å². The van der Waals surface area contributed by atoms with Crippen LogP contribution in [-0.4, -0.2) is 60.4 Å². The van der Waals surface area contributed by atoms with Crippen LogP contribution in [0.15, 0.2) is 6.07 Å². The van der Waals surface area contributed by atoms with Crippen LogP contribution in [0.5, 0.6) is 0 Å². The summed E-state index contributed by atoms with van der Waals surface area (Å²) in [5.41, 5.74) is 1.11. The van der Waals surface area contributed by atoms with E-state index >= 15 is 0 Å². The van der Waals surface area contributed by atoms with E-state index in [1.165, 1.54) is 7.11 Å². The summed E-state index contributed by atoms with van der Waals surface area (Å²) in [6.45, 7) is 2.48. The van der Waals surface area contributed by atoms with E-state index < -0.39 is 5.97 Å². The van der Waals surface area contributed by atoms with Gasteiger partial charge in [0.2, 0.25) is 5.91 Å². The highest BCUT2D eigenvalue weighted by atomic mass is 16.5. The van der Waals surface area contributed by atoms with Crippen molar-refractivity contribution in [2.45, 2.75) is 51.2 Å². The largest absolute Gasteiger partial charge is 0.464 e. The van der Waals surface area contributed by atoms with Crippen LogP contribution < -0.4 is 0 Å². The van der Waals surface area contributed by atoms with Crippen molar-refractivity contribution in [3.05, 3.63) is 23.3 Å². The third kappa shape index (κ3) is 2.95. The molecule has 0 aliphatic carbocycles. The number of hydrogen-bond donors (Lipinski definition) is 0. The molecule has 26 heavy (non-hydrogen) atoms. The first-order chi connectivity index (χ1) is 12.7. The van der Waals surface area contributed by atoms with Crippen molar-refractivity contribution in [2.75, 3.05) is 13.7 Å². The van der Waals surface area contributed by atoms with Gasteiger partial charge < -0.3 is 9.64 Å². The third-order valence-electron chi connectivity index (χ3n) is 5.00. The molecule has 0 bridgehead atoms. The quantitative estimate of drug-likeness (QED) is 0.712. The number of carbonyl (C=O) groups is 2. The Labute approximate surface area is 150 Å². The van der Waals surface area contributed by atoms with E-state index in [0.29, 0.717) is 25.5 Å². The number of aromatic nitrogens is 6. The summed E-state index contributed by atoms with van der Waals surface area (Å²) in [5, 5.41) is 16.1. The highest BCUT2D eigenvalue weighted by Crippen LogP contribution is 2.27. The minimum Gasteiger partial charge on any atom is -0.464 e. The van der Waals surface area contributed by atoms with Crippen molar-refractivity contribution in [1.29, 1.82) is 0 Å². The molecule has 10 heteroatoms. The fourth-order valence-corrected chi connectivity index (χ4v) is 3.67. The normalized spacial score (nSPS) is 19.9. The maximum absolute atomic E-state index is 13.2. The van der Waals surface area contributed by atoms with Crippen molar-refractivity contribution in [2.24, 2.45) is 0 Å². The monoisotopic (exact) mass is 359 g/mol. The SMILES string of the molecule is COC(=O)c1cc2n(n1)CCCN(C(=O)[C@@H]1CCCCn3nnnc31)C2. The van der Waals surface area contributed by atoms with Crippen molar-refractivity contribution in [1.82, 2.24) is 34.9 Å². The smallest absolute Gasteiger partial charge is 0.358 e. The van der Waals surface area contributed by atoms with Crippen molar-refractivity contribution in [3.63, 3.8) is 0 Å². The van der Waals surface area contributed by atoms with Gasteiger partial charge in [0.15, 0.2) is 11.5 Å². The maximum Gasteiger partial charge on any atom is 0.358 e. The molecular formula is C16H21N7O3. The lowest BCUT2D eigenvalue weighted by Gasteiger charge is -2.24. The summed E-state index contributed by atoms with van der Waals surface area (Å²) < 4.78 is 8.27. The molecule has 2 aromatic rings. The van der Waals surface area contributed by atoms with Crippen LogP contribution in [0.1, 0.15) is 53.6 Å². The Morgan fingerprint density at radius 1 is 1.15 bits per heavy atom. The molecule has 0 unspecified atom stereocenters. The second-order valence-corrected chi connectivity index (χ2v) is 6.66. The van der Waals surface area contributed by atoms with Gasteiger partial charge >= 0.3 is 5.97 Å². The first-order valence-corrected chi connectivity index (χ1v) is 8.87. The summed E-state index contributed by atoms with van der Waals surface area (Å²) in [6, 6.07) is 1.70. The fourth-order valence-electron chi connectivity index (χ4n) is 3.67. The average molecular weight is 359 g/mol. The Bertz CT molecular complexity index is 828. The molecule has 2 aliphatic heterocycles. The molecular weight excluding hydrogens is 338 g/mol. The molecule has 0 spiro atoms. The topological polar surface area (TPSA) is 108 Å². The molecule has 1 atom stereocenters. The van der Waals surface area contributed by atoms with Gasteiger partial charge in [-0.3, -0.25) is 9.48 Å². The molecule has 0 saturated carbocycles. The zero-order chi connectivity index (χ0) is 18.1. The van der Waals surface area contributed by atoms with Gasteiger partial charge in [-0.05, 0) is 35.8 Å². The second kappa shape index (κ2) is 6.85. The summed E-state index contributed by atoms with van der Waals surface area (Å²) >= 11 is 0. The average Bonchev–Trinajstić information content (AvgIpc) is 3.16. The Hall–Kier alpha value is -2.78. The van der Waals surface area contributed by atoms with Gasteiger partial charge in [0, 0.05) is 19.6 Å². The Kier molecular flexibility index (Phi) is 4.39. The molecule has 4 rings (SSSR count). The van der Waals surface area contributed by atoms with Crippen LogP contribution in [0.3, 0.4) is 0 Å². The lowest BCUT2D eigenvalue weighted by molar-refractivity contribution is -0.133. The molecule has 2 aromatic heterocycles. The Balaban J connectivity index is 1.57. The first kappa shape index (κ1) is 16.7. The van der Waals surface area contributed by atoms with Crippen LogP contribution >= 0.6 is 0 Å². The Morgan fingerprint density at radius 2 is 2.00 bits per heavy atom. The van der Waals surface area contributed by atoms with Gasteiger partial charge in [-0.25, -0.2) is 9.48 Å². The van der Waals surface area contributed by atoms with Crippen LogP contribution in [0.2, 0.25) is 0 Å². The van der Waals surface area contributed by atoms with Crippen molar-refractivity contribution < 1.29 is 14.3 Å². The van der Waals surface area contributed by atoms with Crippen LogP contribution in [0.25, 0.3) is 0 Å². The van der Waals surface area contributed by atoms with E-state index in [1.54, 1.807) is 15.4 Å². The third-order valence-corrected chi connectivity index (χ3v) is 5.00. The van der Waals surface area contributed by atoms with E-state index in [0.717, 1.165) is 37.9 Å². The van der Waals surface area contributed by atoms with Crippen LogP contribution in [0.4, 0.5) is 0 Å². The molecule has 2 aliphatic rings. The number of amides is 1. The molecule has 0 fully saturated rings. The fraction of sp³-hybridized carbons (Fsp3) is 0.625. The number of carbonyl (C=O) groups excluding carboxylic acids is 2. The highest BCUT2D eigenvalue weighted by molar-refractivity contribution is 5.87. The van der Waals surface area contributed by atoms with E-state index in [9.17, 15) is 9.59 Å². The minimum atomic E-state index is -0.466. The van der Waals surface area contributed by atoms with Gasteiger partial charge in [-0.1, -0.05) is 6.42 Å². The van der Waals surface area contributed by atoms with Crippen molar-refractivity contribution in [3.8, 4) is 0 Å². The van der Waals surface area contributed by atoms with E-state index in [-0.39, 0.29) is 17.5 Å². The van der Waals surface area contributed by atoms with Crippen LogP contribution in [0, 0.1) is 0 Å². The second-order valence-electron chi connectivity index (χ2n) is 6.66. The van der Waals surface area contributed by atoms with Gasteiger partial charge in [-0.15, -0.1) is 5.10 Å². The summed E-state index contributed by atoms with van der Waals surface area (Å²) in [6.07, 6.45) is 3.46. The molecule has 0 radical (unpaired) electrons. The number of tetrazole rings is 1. The maximum atomic E-state index is 13.2. The summed E-state index contributed by atoms with van der Waals surface area (Å²) in [4.78, 5) is 26.8. The van der Waals surface area contributed by atoms with Gasteiger partial charge in [-0.2, -0.15) is 5.10 Å². The number of aryl methyl sites for hydroxylation is 2. The number of esters is 1. The number of hydrogen-bond acceptors (Lipinski definition) is 7. The van der Waals surface area contributed by atoms with Crippen molar-refractivity contribution >= 4 is 11.9 Å². The molecule has 10 nitrogen and oxygen atoms in total. The zero-order valence-electron chi connectivity index (χ0n) is 14.7. The van der Waals surface area contributed by atoms with Gasteiger partial charge in [0.1, 0.15) is 0 Å². The summed E-state index contributed by atoms with van der Waals surface area (Å²) in [7, 11) is 1.33. The predicted molar refractivity (Wildman–Crippen MR) is 88.0 cm³/mol. The first-order valence-electron chi connectivity index (χ1n) is 8.87. The van der Waals surface area contributed by atoms with E-state index in [1.807, 2.05) is 4.90 Å². The number of nitrogens with zero attached hydrogens (tertiary/aromatic N) is 7. The standard InChI is InChI=1S/C16H21N7O3/c1-26-16(25)13-9-11-10-21(6-4-8-22(11)18-13)15(24)12-5-2-3-7-23-14(12)17-19-20-23/h9,12H,2-8,10H2,1H3/t12-/m1/s1. The number of ether oxygens (including phenoxy) is 1. The van der Waals surface area contributed by atoms with E-state index in [4.69, 9.17) is 4.74 Å². The molecule has 0 N–H and O–H groups in total. The molecule has 1 amide bonds. The molecule has 4 heterocycles. The number of fused-ring (bicyclic) bond motifs is 2. The number of rotatable bonds is 2. The summed E-state index contributed by atoms with van der Waals surface area (Å²) in [5.74, 6) is -0.0915. The van der Waals surface area contributed by atoms with E-state index in [2.05, 4.69) is 20.6 Å². The number of methoxy groups -OCH3 is 1. The molecule has 0 aromatic carbocycles. The van der Waals surface area contributed by atoms with Gasteiger partial charge in [0.05, 0.1) is 25.3 Å². The zero-order valence-corrected chi connectivity index (χ0v) is 14.7. The lowest BCUT2D eigenvalue weighted by atomic mass is 10.0. The highest BCUT2D eigenvalue weighted by Gasteiger charge is 2.33. The Morgan fingerprint density at radius 3 is 2.85 bits per heavy atom.